The van der Waals surface area contributed by atoms with Crippen molar-refractivity contribution in [3.05, 3.63) is 46.5 Å². The second-order valence-electron chi connectivity index (χ2n) is 7.80. The number of aryl methyl sites for hydroxylation is 1. The van der Waals surface area contributed by atoms with E-state index in [1.165, 1.54) is 7.11 Å². The molecule has 0 bridgehead atoms. The van der Waals surface area contributed by atoms with Gasteiger partial charge in [0.25, 0.3) is 0 Å². The lowest BCUT2D eigenvalue weighted by Crippen LogP contribution is -2.52. The highest BCUT2D eigenvalue weighted by atomic mass is 35.5. The predicted molar refractivity (Wildman–Crippen MR) is 115 cm³/mol. The van der Waals surface area contributed by atoms with Gasteiger partial charge in [-0.2, -0.15) is 0 Å². The molecule has 0 radical (unpaired) electrons. The highest BCUT2D eigenvalue weighted by molar-refractivity contribution is 6.31. The summed E-state index contributed by atoms with van der Waals surface area (Å²) in [5.74, 6) is -0.0658. The number of rotatable bonds is 4. The van der Waals surface area contributed by atoms with Gasteiger partial charge >= 0.3 is 0 Å². The van der Waals surface area contributed by atoms with Gasteiger partial charge in [0.05, 0.1) is 25.8 Å². The van der Waals surface area contributed by atoms with E-state index < -0.39 is 11.5 Å². The van der Waals surface area contributed by atoms with Crippen LogP contribution in [0.15, 0.2) is 30.3 Å². The Morgan fingerprint density at radius 3 is 2.70 bits per heavy atom. The molecule has 3 N–H and O–H groups in total. The standard InChI is InChI=1S/C22H24ClN3O4/c1-11-7-13(23)9-15-19(11)25-21(28)22(15)16(8-12(2)26-22)20(27)24-17-10-14(29-3)5-6-18(17)30-4/h5-7,9-10,12,16,26H,8H2,1-4H3,(H,24,27)(H,25,28)/t12-,16+,22-/m0/s1. The fourth-order valence-electron chi connectivity index (χ4n) is 4.56. The molecule has 1 fully saturated rings. The predicted octanol–water partition coefficient (Wildman–Crippen LogP) is 3.45. The smallest absolute Gasteiger partial charge is 0.250 e. The fourth-order valence-corrected chi connectivity index (χ4v) is 4.83. The van der Waals surface area contributed by atoms with Gasteiger partial charge in [-0.05, 0) is 50.1 Å². The summed E-state index contributed by atoms with van der Waals surface area (Å²) in [6.07, 6.45) is 0.497. The van der Waals surface area contributed by atoms with Crippen LogP contribution in [-0.2, 0) is 15.1 Å². The number of ether oxygens (including phenoxy) is 2. The molecule has 2 heterocycles. The molecule has 2 aliphatic rings. The number of nitrogens with one attached hydrogen (secondary N) is 3. The number of amides is 2. The van der Waals surface area contributed by atoms with E-state index in [0.29, 0.717) is 39.9 Å². The van der Waals surface area contributed by atoms with Crippen molar-refractivity contribution in [3.63, 3.8) is 0 Å². The van der Waals surface area contributed by atoms with Gasteiger partial charge < -0.3 is 20.1 Å². The molecule has 0 unspecified atom stereocenters. The molecule has 1 spiro atoms. The molecular weight excluding hydrogens is 406 g/mol. The monoisotopic (exact) mass is 429 g/mol. The van der Waals surface area contributed by atoms with Crippen molar-refractivity contribution >= 4 is 34.8 Å². The number of benzene rings is 2. The Hall–Kier alpha value is -2.77. The maximum absolute atomic E-state index is 13.5. The number of methoxy groups -OCH3 is 2. The Labute approximate surface area is 180 Å². The zero-order chi connectivity index (χ0) is 21.6. The number of halogens is 1. The van der Waals surface area contributed by atoms with Crippen LogP contribution >= 0.6 is 11.6 Å². The highest BCUT2D eigenvalue weighted by Gasteiger charge is 2.59. The van der Waals surface area contributed by atoms with E-state index in [9.17, 15) is 9.59 Å². The number of anilines is 2. The Kier molecular flexibility index (Phi) is 5.11. The van der Waals surface area contributed by atoms with Gasteiger partial charge in [-0.3, -0.25) is 14.9 Å². The summed E-state index contributed by atoms with van der Waals surface area (Å²) >= 11 is 6.31. The van der Waals surface area contributed by atoms with Crippen LogP contribution in [0, 0.1) is 12.8 Å². The van der Waals surface area contributed by atoms with Crippen LogP contribution in [0.25, 0.3) is 0 Å². The molecule has 7 nitrogen and oxygen atoms in total. The second-order valence-corrected chi connectivity index (χ2v) is 8.23. The third kappa shape index (κ3) is 3.09. The third-order valence-electron chi connectivity index (χ3n) is 5.89. The zero-order valence-corrected chi connectivity index (χ0v) is 18.0. The van der Waals surface area contributed by atoms with Crippen LogP contribution in [0.3, 0.4) is 0 Å². The molecule has 2 aromatic rings. The van der Waals surface area contributed by atoms with Crippen molar-refractivity contribution in [1.29, 1.82) is 0 Å². The fraction of sp³-hybridized carbons (Fsp3) is 0.364. The number of carbonyl (C=O) groups excluding carboxylic acids is 2. The molecule has 3 atom stereocenters. The molecule has 4 rings (SSSR count). The number of hydrogen-bond donors (Lipinski definition) is 3. The van der Waals surface area contributed by atoms with Crippen molar-refractivity contribution in [2.45, 2.75) is 31.8 Å². The first-order chi connectivity index (χ1) is 14.3. The first kappa shape index (κ1) is 20.5. The largest absolute Gasteiger partial charge is 0.497 e. The molecule has 8 heteroatoms. The van der Waals surface area contributed by atoms with Crippen molar-refractivity contribution in [2.24, 2.45) is 5.92 Å². The normalized spacial score (nSPS) is 24.5. The van der Waals surface area contributed by atoms with Crippen molar-refractivity contribution < 1.29 is 19.1 Å². The summed E-state index contributed by atoms with van der Waals surface area (Å²) in [6, 6.07) is 8.69. The van der Waals surface area contributed by atoms with E-state index >= 15 is 0 Å². The number of fused-ring (bicyclic) bond motifs is 2. The Balaban J connectivity index is 1.75. The minimum atomic E-state index is -1.18. The van der Waals surface area contributed by atoms with E-state index in [4.69, 9.17) is 21.1 Å². The quantitative estimate of drug-likeness (QED) is 0.692. The first-order valence-corrected chi connectivity index (χ1v) is 10.1. The SMILES string of the molecule is COc1ccc(OC)c(NC(=O)[C@H]2C[C@H](C)N[C@]23C(=O)Nc2c(C)cc(Cl)cc23)c1. The van der Waals surface area contributed by atoms with Crippen LogP contribution in [0.1, 0.15) is 24.5 Å². The molecule has 0 aromatic heterocycles. The van der Waals surface area contributed by atoms with Gasteiger partial charge in [-0.1, -0.05) is 11.6 Å². The topological polar surface area (TPSA) is 88.7 Å². The Morgan fingerprint density at radius 1 is 1.23 bits per heavy atom. The van der Waals surface area contributed by atoms with Crippen LogP contribution in [0.5, 0.6) is 11.5 Å². The molecule has 158 valence electrons. The number of hydrogen-bond acceptors (Lipinski definition) is 5. The van der Waals surface area contributed by atoms with Crippen LogP contribution < -0.4 is 25.4 Å². The van der Waals surface area contributed by atoms with E-state index in [1.54, 1.807) is 37.4 Å². The summed E-state index contributed by atoms with van der Waals surface area (Å²) < 4.78 is 10.6. The Bertz CT molecular complexity index is 1040. The first-order valence-electron chi connectivity index (χ1n) is 9.72. The second kappa shape index (κ2) is 7.49. The molecule has 30 heavy (non-hydrogen) atoms. The zero-order valence-electron chi connectivity index (χ0n) is 17.3. The molecule has 0 saturated carbocycles. The van der Waals surface area contributed by atoms with Gasteiger partial charge in [0.2, 0.25) is 11.8 Å². The van der Waals surface area contributed by atoms with Crippen LogP contribution in [0.2, 0.25) is 5.02 Å². The average Bonchev–Trinajstić information content (AvgIpc) is 3.20. The molecule has 1 saturated heterocycles. The lowest BCUT2D eigenvalue weighted by molar-refractivity contribution is -0.130. The van der Waals surface area contributed by atoms with E-state index in [-0.39, 0.29) is 17.9 Å². The van der Waals surface area contributed by atoms with Crippen molar-refractivity contribution in [3.8, 4) is 11.5 Å². The highest BCUT2D eigenvalue weighted by Crippen LogP contribution is 2.49. The minimum absolute atomic E-state index is 0.0380. The minimum Gasteiger partial charge on any atom is -0.497 e. The van der Waals surface area contributed by atoms with Crippen molar-refractivity contribution in [2.75, 3.05) is 24.9 Å². The summed E-state index contributed by atoms with van der Waals surface area (Å²) in [5.41, 5.74) is 1.58. The van der Waals surface area contributed by atoms with Crippen LogP contribution in [0.4, 0.5) is 11.4 Å². The third-order valence-corrected chi connectivity index (χ3v) is 6.11. The molecular formula is C22H24ClN3O4. The lowest BCUT2D eigenvalue weighted by atomic mass is 9.79. The van der Waals surface area contributed by atoms with E-state index in [2.05, 4.69) is 16.0 Å². The van der Waals surface area contributed by atoms with Gasteiger partial charge in [0.1, 0.15) is 17.0 Å². The molecule has 0 aliphatic carbocycles. The number of carbonyl (C=O) groups is 2. The molecule has 2 amide bonds. The van der Waals surface area contributed by atoms with E-state index in [0.717, 1.165) is 5.56 Å². The van der Waals surface area contributed by atoms with Gasteiger partial charge in [-0.15, -0.1) is 0 Å². The summed E-state index contributed by atoms with van der Waals surface area (Å²) in [7, 11) is 3.08. The van der Waals surface area contributed by atoms with Crippen LogP contribution in [-0.4, -0.2) is 32.1 Å². The van der Waals surface area contributed by atoms with E-state index in [1.807, 2.05) is 13.8 Å². The summed E-state index contributed by atoms with van der Waals surface area (Å²) in [6.45, 7) is 3.85. The Morgan fingerprint density at radius 2 is 2.00 bits per heavy atom. The summed E-state index contributed by atoms with van der Waals surface area (Å²) in [5, 5.41) is 9.78. The summed E-state index contributed by atoms with van der Waals surface area (Å²) in [4.78, 5) is 26.7. The van der Waals surface area contributed by atoms with Gasteiger partial charge in [-0.25, -0.2) is 0 Å². The molecule has 2 aromatic carbocycles. The molecule has 2 aliphatic heterocycles. The maximum atomic E-state index is 13.5. The maximum Gasteiger partial charge on any atom is 0.250 e. The van der Waals surface area contributed by atoms with Gasteiger partial charge in [0.15, 0.2) is 0 Å². The lowest BCUT2D eigenvalue weighted by Gasteiger charge is -2.29. The van der Waals surface area contributed by atoms with Gasteiger partial charge in [0, 0.05) is 28.4 Å². The van der Waals surface area contributed by atoms with Crippen molar-refractivity contribution in [1.82, 2.24) is 5.32 Å². The average molecular weight is 430 g/mol.